The Morgan fingerprint density at radius 1 is 0.300 bits per heavy atom. The van der Waals surface area contributed by atoms with Crippen LogP contribution in [-0.4, -0.2) is 0 Å². The highest BCUT2D eigenvalue weighted by atomic mass is 16.3. The van der Waals surface area contributed by atoms with Gasteiger partial charge in [0.25, 0.3) is 0 Å². The second-order valence-electron chi connectivity index (χ2n) is 13.3. The van der Waals surface area contributed by atoms with Crippen LogP contribution in [0.4, 0.5) is 0 Å². The summed E-state index contributed by atoms with van der Waals surface area (Å²) in [5, 5.41) is 13.0. The molecule has 0 unspecified atom stereocenters. The van der Waals surface area contributed by atoms with Crippen molar-refractivity contribution < 1.29 is 8.83 Å². The van der Waals surface area contributed by atoms with Crippen molar-refractivity contribution in [3.05, 3.63) is 170 Å². The molecule has 0 radical (unpaired) electrons. The zero-order valence-corrected chi connectivity index (χ0v) is 27.0. The second-order valence-corrected chi connectivity index (χ2v) is 13.3. The summed E-state index contributed by atoms with van der Waals surface area (Å²) >= 11 is 0. The number of hydrogen-bond donors (Lipinski definition) is 0. The highest BCUT2D eigenvalue weighted by molar-refractivity contribution is 6.22. The van der Waals surface area contributed by atoms with Gasteiger partial charge in [-0.2, -0.15) is 0 Å². The van der Waals surface area contributed by atoms with Crippen molar-refractivity contribution >= 4 is 76.0 Å². The monoisotopic (exact) mass is 636 g/mol. The van der Waals surface area contributed by atoms with Crippen molar-refractivity contribution in [3.8, 4) is 33.4 Å². The number of benzene rings is 9. The lowest BCUT2D eigenvalue weighted by Crippen LogP contribution is -1.91. The SMILES string of the molecule is c1ccc2cc(-c3coc4cc5c(cc34)oc3cc(-c4c6ccccc6c(-c6ccc7ccccc7c6)c6ccccc46)ccc35)ccc2c1. The molecule has 0 saturated carbocycles. The molecule has 0 aliphatic rings. The third-order valence-corrected chi connectivity index (χ3v) is 10.5. The lowest BCUT2D eigenvalue weighted by Gasteiger charge is -2.18. The molecule has 0 spiro atoms. The lowest BCUT2D eigenvalue weighted by atomic mass is 9.85. The fourth-order valence-electron chi connectivity index (χ4n) is 8.13. The van der Waals surface area contributed by atoms with Crippen LogP contribution in [0.25, 0.3) is 109 Å². The Morgan fingerprint density at radius 2 is 0.780 bits per heavy atom. The maximum Gasteiger partial charge on any atom is 0.136 e. The summed E-state index contributed by atoms with van der Waals surface area (Å²) in [7, 11) is 0. The van der Waals surface area contributed by atoms with Crippen molar-refractivity contribution in [1.82, 2.24) is 0 Å². The molecule has 2 heteroatoms. The van der Waals surface area contributed by atoms with Gasteiger partial charge in [-0.15, -0.1) is 0 Å². The Hall–Kier alpha value is -6.64. The van der Waals surface area contributed by atoms with Gasteiger partial charge in [-0.3, -0.25) is 0 Å². The highest BCUT2D eigenvalue weighted by Gasteiger charge is 2.19. The maximum atomic E-state index is 6.67. The van der Waals surface area contributed by atoms with E-state index < -0.39 is 0 Å². The summed E-state index contributed by atoms with van der Waals surface area (Å²) in [5.74, 6) is 0. The van der Waals surface area contributed by atoms with Gasteiger partial charge in [0.2, 0.25) is 0 Å². The van der Waals surface area contributed by atoms with E-state index >= 15 is 0 Å². The largest absolute Gasteiger partial charge is 0.464 e. The first-order valence-corrected chi connectivity index (χ1v) is 17.1. The fraction of sp³-hybridized carbons (Fsp3) is 0. The molecule has 11 aromatic rings. The number of rotatable bonds is 3. The Morgan fingerprint density at radius 3 is 1.42 bits per heavy atom. The molecule has 0 bridgehead atoms. The highest BCUT2D eigenvalue weighted by Crippen LogP contribution is 2.45. The van der Waals surface area contributed by atoms with Crippen LogP contribution >= 0.6 is 0 Å². The van der Waals surface area contributed by atoms with E-state index in [4.69, 9.17) is 8.83 Å². The van der Waals surface area contributed by atoms with Gasteiger partial charge in [0.1, 0.15) is 16.7 Å². The van der Waals surface area contributed by atoms with Gasteiger partial charge in [0.05, 0.1) is 6.26 Å². The summed E-state index contributed by atoms with van der Waals surface area (Å²) in [4.78, 5) is 0. The Balaban J connectivity index is 1.10. The summed E-state index contributed by atoms with van der Waals surface area (Å²) in [6.45, 7) is 0. The summed E-state index contributed by atoms with van der Waals surface area (Å²) < 4.78 is 12.8. The van der Waals surface area contributed by atoms with Gasteiger partial charge in [-0.05, 0) is 107 Å². The average Bonchev–Trinajstić information content (AvgIpc) is 3.75. The molecular formula is C48H28O2. The molecule has 0 saturated heterocycles. The predicted octanol–water partition coefficient (Wildman–Crippen LogP) is 13.9. The van der Waals surface area contributed by atoms with Crippen molar-refractivity contribution in [2.45, 2.75) is 0 Å². The molecule has 232 valence electrons. The van der Waals surface area contributed by atoms with E-state index in [2.05, 4.69) is 164 Å². The molecule has 2 nitrogen and oxygen atoms in total. The van der Waals surface area contributed by atoms with Crippen LogP contribution in [0.2, 0.25) is 0 Å². The van der Waals surface area contributed by atoms with Gasteiger partial charge in [-0.1, -0.05) is 127 Å². The zero-order valence-electron chi connectivity index (χ0n) is 27.0. The van der Waals surface area contributed by atoms with E-state index in [0.717, 1.165) is 49.6 Å². The van der Waals surface area contributed by atoms with Gasteiger partial charge >= 0.3 is 0 Å². The normalized spacial score (nSPS) is 12.0. The third-order valence-electron chi connectivity index (χ3n) is 10.5. The molecule has 2 heterocycles. The molecule has 0 N–H and O–H groups in total. The van der Waals surface area contributed by atoms with E-state index in [9.17, 15) is 0 Å². The van der Waals surface area contributed by atoms with Crippen molar-refractivity contribution in [2.75, 3.05) is 0 Å². The Kier molecular flexibility index (Phi) is 5.70. The number of hydrogen-bond acceptors (Lipinski definition) is 2. The first kappa shape index (κ1) is 27.3. The van der Waals surface area contributed by atoms with E-state index in [1.165, 1.54) is 59.8 Å². The minimum atomic E-state index is 0.855. The topological polar surface area (TPSA) is 26.3 Å². The molecule has 0 aliphatic heterocycles. The lowest BCUT2D eigenvalue weighted by molar-refractivity contribution is 0.617. The number of furan rings is 2. The van der Waals surface area contributed by atoms with E-state index in [1.807, 2.05) is 6.26 Å². The molecule has 0 amide bonds. The molecular weight excluding hydrogens is 609 g/mol. The molecule has 2 aromatic heterocycles. The zero-order chi connectivity index (χ0) is 32.8. The summed E-state index contributed by atoms with van der Waals surface area (Å²) in [6, 6.07) is 59.0. The van der Waals surface area contributed by atoms with Crippen molar-refractivity contribution in [3.63, 3.8) is 0 Å². The van der Waals surface area contributed by atoms with Crippen LogP contribution in [0.15, 0.2) is 179 Å². The molecule has 9 aromatic carbocycles. The van der Waals surface area contributed by atoms with Crippen LogP contribution < -0.4 is 0 Å². The first-order chi connectivity index (χ1) is 24.8. The van der Waals surface area contributed by atoms with Gasteiger partial charge in [0, 0.05) is 21.7 Å². The van der Waals surface area contributed by atoms with Crippen LogP contribution in [0.5, 0.6) is 0 Å². The minimum absolute atomic E-state index is 0.855. The summed E-state index contributed by atoms with van der Waals surface area (Å²) in [5.41, 5.74) is 9.62. The second kappa shape index (κ2) is 10.4. The van der Waals surface area contributed by atoms with Crippen molar-refractivity contribution in [2.24, 2.45) is 0 Å². The van der Waals surface area contributed by atoms with E-state index in [0.29, 0.717) is 0 Å². The summed E-state index contributed by atoms with van der Waals surface area (Å²) in [6.07, 6.45) is 1.87. The molecule has 0 atom stereocenters. The van der Waals surface area contributed by atoms with Crippen LogP contribution in [0.3, 0.4) is 0 Å². The number of fused-ring (bicyclic) bond motifs is 8. The quantitative estimate of drug-likeness (QED) is 0.180. The van der Waals surface area contributed by atoms with Gasteiger partial charge < -0.3 is 8.83 Å². The fourth-order valence-corrected chi connectivity index (χ4v) is 8.13. The van der Waals surface area contributed by atoms with Crippen LogP contribution in [0.1, 0.15) is 0 Å². The standard InChI is InChI=1S/C48H28O2/c1-3-11-31-23-33(19-17-29(31)9-1)43-28-49-44-26-41-36-22-21-35(25-45(36)50-46(41)27-42(43)44)48-39-15-7-5-13-37(39)47(38-14-6-8-16-40(38)48)34-20-18-30-10-2-4-12-32(30)24-34/h1-28H. The molecule has 0 aliphatic carbocycles. The van der Waals surface area contributed by atoms with Crippen molar-refractivity contribution in [1.29, 1.82) is 0 Å². The van der Waals surface area contributed by atoms with E-state index in [-0.39, 0.29) is 0 Å². The molecule has 0 fully saturated rings. The predicted molar refractivity (Wildman–Crippen MR) is 210 cm³/mol. The third kappa shape index (κ3) is 4.03. The van der Waals surface area contributed by atoms with Crippen LogP contribution in [-0.2, 0) is 0 Å². The Labute approximate surface area is 287 Å². The minimum Gasteiger partial charge on any atom is -0.464 e. The first-order valence-electron chi connectivity index (χ1n) is 17.1. The maximum absolute atomic E-state index is 6.67. The molecule has 11 rings (SSSR count). The molecule has 50 heavy (non-hydrogen) atoms. The van der Waals surface area contributed by atoms with Gasteiger partial charge in [-0.25, -0.2) is 0 Å². The van der Waals surface area contributed by atoms with Gasteiger partial charge in [0.15, 0.2) is 0 Å². The average molecular weight is 637 g/mol. The smallest absolute Gasteiger partial charge is 0.136 e. The van der Waals surface area contributed by atoms with E-state index in [1.54, 1.807) is 0 Å². The van der Waals surface area contributed by atoms with Crippen LogP contribution in [0, 0.1) is 0 Å². The Bertz CT molecular complexity index is 3100.